The van der Waals surface area contributed by atoms with Crippen molar-refractivity contribution in [3.8, 4) is 0 Å². The number of hydrogen-bond acceptors (Lipinski definition) is 3. The van der Waals surface area contributed by atoms with Crippen molar-refractivity contribution in [2.24, 2.45) is 11.7 Å². The lowest BCUT2D eigenvalue weighted by molar-refractivity contribution is -0.120. The van der Waals surface area contributed by atoms with Gasteiger partial charge in [0.05, 0.1) is 5.52 Å². The number of carbonyl (C=O) groups is 2. The van der Waals surface area contributed by atoms with Crippen molar-refractivity contribution in [1.82, 2.24) is 4.57 Å². The SMILES string of the molecule is Cc1c(CCN)c2ccccc2n1C(=O)C1CCC(=O)CC1. The molecule has 1 aromatic carbocycles. The summed E-state index contributed by atoms with van der Waals surface area (Å²) in [5, 5.41) is 1.12. The second-order valence-electron chi connectivity index (χ2n) is 6.11. The van der Waals surface area contributed by atoms with Gasteiger partial charge >= 0.3 is 0 Å². The zero-order valence-electron chi connectivity index (χ0n) is 13.0. The van der Waals surface area contributed by atoms with Gasteiger partial charge in [0.15, 0.2) is 0 Å². The summed E-state index contributed by atoms with van der Waals surface area (Å²) in [6, 6.07) is 8.01. The van der Waals surface area contributed by atoms with Gasteiger partial charge in [-0.1, -0.05) is 18.2 Å². The summed E-state index contributed by atoms with van der Waals surface area (Å²) in [6.45, 7) is 2.57. The molecule has 22 heavy (non-hydrogen) atoms. The van der Waals surface area contributed by atoms with Gasteiger partial charge in [-0.05, 0) is 44.4 Å². The van der Waals surface area contributed by atoms with Gasteiger partial charge in [0.2, 0.25) is 5.91 Å². The largest absolute Gasteiger partial charge is 0.330 e. The van der Waals surface area contributed by atoms with E-state index >= 15 is 0 Å². The number of ketones is 1. The van der Waals surface area contributed by atoms with Crippen molar-refractivity contribution in [3.63, 3.8) is 0 Å². The van der Waals surface area contributed by atoms with Gasteiger partial charge < -0.3 is 5.73 Å². The van der Waals surface area contributed by atoms with Gasteiger partial charge in [-0.25, -0.2) is 0 Å². The van der Waals surface area contributed by atoms with Crippen LogP contribution in [0.25, 0.3) is 10.9 Å². The van der Waals surface area contributed by atoms with E-state index in [9.17, 15) is 9.59 Å². The van der Waals surface area contributed by atoms with Gasteiger partial charge in [0, 0.05) is 29.8 Å². The van der Waals surface area contributed by atoms with Crippen LogP contribution in [0.15, 0.2) is 24.3 Å². The summed E-state index contributed by atoms with van der Waals surface area (Å²) >= 11 is 0. The number of carbonyl (C=O) groups excluding carboxylic acids is 2. The maximum atomic E-state index is 13.0. The molecule has 0 saturated heterocycles. The first kappa shape index (κ1) is 15.0. The molecular formula is C18H22N2O2. The standard InChI is InChI=1S/C18H22N2O2/c1-12-15(10-11-19)16-4-2-3-5-17(16)20(12)18(22)13-6-8-14(21)9-7-13/h2-5,13H,6-11,19H2,1H3. The normalized spacial score (nSPS) is 16.4. The molecule has 2 N–H and O–H groups in total. The fraction of sp³-hybridized carbons (Fsp3) is 0.444. The zero-order chi connectivity index (χ0) is 15.7. The molecule has 4 nitrogen and oxygen atoms in total. The minimum atomic E-state index is -0.0436. The third-order valence-corrected chi connectivity index (χ3v) is 4.75. The molecule has 116 valence electrons. The highest BCUT2D eigenvalue weighted by atomic mass is 16.2. The second-order valence-corrected chi connectivity index (χ2v) is 6.11. The molecule has 2 aromatic rings. The molecule has 4 heteroatoms. The van der Waals surface area contributed by atoms with Crippen molar-refractivity contribution in [3.05, 3.63) is 35.5 Å². The highest BCUT2D eigenvalue weighted by Crippen LogP contribution is 2.30. The summed E-state index contributed by atoms with van der Waals surface area (Å²) in [5.74, 6) is 0.365. The van der Waals surface area contributed by atoms with Crippen molar-refractivity contribution in [2.75, 3.05) is 6.54 Å². The predicted molar refractivity (Wildman–Crippen MR) is 87.0 cm³/mol. The average Bonchev–Trinajstić information content (AvgIpc) is 2.80. The van der Waals surface area contributed by atoms with E-state index in [1.807, 2.05) is 29.7 Å². The van der Waals surface area contributed by atoms with Crippen LogP contribution in [0.5, 0.6) is 0 Å². The summed E-state index contributed by atoms with van der Waals surface area (Å²) in [6.07, 6.45) is 3.19. The van der Waals surface area contributed by atoms with Crippen LogP contribution >= 0.6 is 0 Å². The quantitative estimate of drug-likeness (QED) is 0.947. The fourth-order valence-corrected chi connectivity index (χ4v) is 3.55. The number of nitrogens with two attached hydrogens (primary N) is 1. The van der Waals surface area contributed by atoms with E-state index in [2.05, 4.69) is 6.07 Å². The number of rotatable bonds is 3. The molecule has 1 fully saturated rings. The number of hydrogen-bond donors (Lipinski definition) is 1. The molecule has 1 saturated carbocycles. The number of fused-ring (bicyclic) bond motifs is 1. The molecule has 0 radical (unpaired) electrons. The first-order valence-corrected chi connectivity index (χ1v) is 7.98. The monoisotopic (exact) mass is 298 g/mol. The van der Waals surface area contributed by atoms with E-state index in [1.54, 1.807) is 0 Å². The molecule has 0 amide bonds. The number of nitrogens with zero attached hydrogens (tertiary/aromatic N) is 1. The van der Waals surface area contributed by atoms with Gasteiger partial charge in [0.1, 0.15) is 5.78 Å². The number of para-hydroxylation sites is 1. The molecule has 0 atom stereocenters. The fourth-order valence-electron chi connectivity index (χ4n) is 3.55. The first-order chi connectivity index (χ1) is 10.6. The Balaban J connectivity index is 2.04. The van der Waals surface area contributed by atoms with E-state index in [1.165, 1.54) is 5.56 Å². The van der Waals surface area contributed by atoms with Gasteiger partial charge in [-0.15, -0.1) is 0 Å². The van der Waals surface area contributed by atoms with Crippen LogP contribution in [0, 0.1) is 12.8 Å². The summed E-state index contributed by atoms with van der Waals surface area (Å²) < 4.78 is 1.85. The average molecular weight is 298 g/mol. The summed E-state index contributed by atoms with van der Waals surface area (Å²) in [5.41, 5.74) is 8.85. The lowest BCUT2D eigenvalue weighted by Crippen LogP contribution is -2.27. The molecule has 1 aliphatic rings. The zero-order valence-corrected chi connectivity index (χ0v) is 13.0. The third-order valence-electron chi connectivity index (χ3n) is 4.75. The smallest absolute Gasteiger partial charge is 0.234 e. The lowest BCUT2D eigenvalue weighted by Gasteiger charge is -2.21. The molecule has 3 rings (SSSR count). The molecule has 0 unspecified atom stereocenters. The van der Waals surface area contributed by atoms with Crippen LogP contribution < -0.4 is 5.73 Å². The molecule has 0 spiro atoms. The van der Waals surface area contributed by atoms with Crippen LogP contribution in [0.4, 0.5) is 0 Å². The minimum Gasteiger partial charge on any atom is -0.330 e. The second kappa shape index (κ2) is 6.05. The molecular weight excluding hydrogens is 276 g/mol. The molecule has 1 aliphatic carbocycles. The summed E-state index contributed by atoms with van der Waals surface area (Å²) in [7, 11) is 0. The van der Waals surface area contributed by atoms with Gasteiger partial charge in [-0.2, -0.15) is 0 Å². The van der Waals surface area contributed by atoms with Crippen molar-refractivity contribution < 1.29 is 9.59 Å². The van der Waals surface area contributed by atoms with Crippen molar-refractivity contribution in [2.45, 2.75) is 39.0 Å². The first-order valence-electron chi connectivity index (χ1n) is 7.98. The van der Waals surface area contributed by atoms with E-state index in [4.69, 9.17) is 5.73 Å². The van der Waals surface area contributed by atoms with Crippen LogP contribution in [-0.2, 0) is 11.2 Å². The molecule has 0 aliphatic heterocycles. The van der Waals surface area contributed by atoms with Gasteiger partial charge in [-0.3, -0.25) is 14.2 Å². The minimum absolute atomic E-state index is 0.0436. The highest BCUT2D eigenvalue weighted by Gasteiger charge is 2.28. The Kier molecular flexibility index (Phi) is 4.12. The Morgan fingerprint density at radius 2 is 1.95 bits per heavy atom. The van der Waals surface area contributed by atoms with E-state index in [-0.39, 0.29) is 17.6 Å². The number of Topliss-reactive ketones (excluding diaryl/α,β-unsaturated/α-hetero) is 1. The van der Waals surface area contributed by atoms with Crippen molar-refractivity contribution in [1.29, 1.82) is 0 Å². The van der Waals surface area contributed by atoms with E-state index in [0.717, 1.165) is 23.0 Å². The number of benzene rings is 1. The van der Waals surface area contributed by atoms with Crippen LogP contribution in [0.3, 0.4) is 0 Å². The van der Waals surface area contributed by atoms with Crippen molar-refractivity contribution >= 4 is 22.6 Å². The Morgan fingerprint density at radius 1 is 1.27 bits per heavy atom. The van der Waals surface area contributed by atoms with Gasteiger partial charge in [0.25, 0.3) is 0 Å². The Hall–Kier alpha value is -1.94. The highest BCUT2D eigenvalue weighted by molar-refractivity contribution is 5.97. The lowest BCUT2D eigenvalue weighted by atomic mass is 9.87. The molecule has 0 bridgehead atoms. The van der Waals surface area contributed by atoms with Crippen LogP contribution in [-0.4, -0.2) is 22.8 Å². The topological polar surface area (TPSA) is 65.1 Å². The molecule has 1 heterocycles. The van der Waals surface area contributed by atoms with E-state index < -0.39 is 0 Å². The maximum absolute atomic E-state index is 13.0. The van der Waals surface area contributed by atoms with E-state index in [0.29, 0.717) is 32.2 Å². The molecule has 1 aromatic heterocycles. The third kappa shape index (κ3) is 2.48. The maximum Gasteiger partial charge on any atom is 0.234 e. The Bertz CT molecular complexity index is 720. The predicted octanol–water partition coefficient (Wildman–Crippen LogP) is 2.85. The Morgan fingerprint density at radius 3 is 2.64 bits per heavy atom. The summed E-state index contributed by atoms with van der Waals surface area (Å²) in [4.78, 5) is 24.4. The number of aromatic nitrogens is 1. The van der Waals surface area contributed by atoms with Crippen LogP contribution in [0.1, 0.15) is 41.7 Å². The van der Waals surface area contributed by atoms with Crippen LogP contribution in [0.2, 0.25) is 0 Å². The Labute approximate surface area is 130 Å².